The van der Waals surface area contributed by atoms with Gasteiger partial charge in [-0.05, 0) is 43.7 Å². The lowest BCUT2D eigenvalue weighted by Gasteiger charge is -2.24. The summed E-state index contributed by atoms with van der Waals surface area (Å²) in [5.74, 6) is -0.386. The molecule has 1 saturated heterocycles. The highest BCUT2D eigenvalue weighted by atomic mass is 16.2. The highest BCUT2D eigenvalue weighted by molar-refractivity contribution is 6.09. The van der Waals surface area contributed by atoms with Crippen LogP contribution in [0.2, 0.25) is 0 Å². The quantitative estimate of drug-likeness (QED) is 0.809. The van der Waals surface area contributed by atoms with E-state index in [1.54, 1.807) is 36.4 Å². The van der Waals surface area contributed by atoms with Crippen molar-refractivity contribution < 1.29 is 9.59 Å². The van der Waals surface area contributed by atoms with Crippen LogP contribution in [0.1, 0.15) is 33.6 Å². The molecule has 3 rings (SSSR count). The van der Waals surface area contributed by atoms with Gasteiger partial charge in [0.05, 0.1) is 11.3 Å². The number of rotatable bonds is 4. The summed E-state index contributed by atoms with van der Waals surface area (Å²) in [6.07, 6.45) is 2.02. The number of hydrogen-bond donors (Lipinski definition) is 3. The third kappa shape index (κ3) is 4.00. The molecule has 3 N–H and O–H groups in total. The predicted molar refractivity (Wildman–Crippen MR) is 94.2 cm³/mol. The van der Waals surface area contributed by atoms with Crippen molar-refractivity contribution >= 4 is 17.5 Å². The second kappa shape index (κ2) is 7.75. The molecular formula is C19H21N3O2. The van der Waals surface area contributed by atoms with Gasteiger partial charge < -0.3 is 16.0 Å². The molecule has 1 aliphatic rings. The van der Waals surface area contributed by atoms with Crippen LogP contribution in [-0.4, -0.2) is 30.9 Å². The first-order valence-corrected chi connectivity index (χ1v) is 8.21. The van der Waals surface area contributed by atoms with Crippen molar-refractivity contribution in [1.82, 2.24) is 10.6 Å². The Morgan fingerprint density at radius 1 is 0.958 bits per heavy atom. The average Bonchev–Trinajstić information content (AvgIpc) is 2.63. The summed E-state index contributed by atoms with van der Waals surface area (Å²) in [6.45, 7) is 1.78. The summed E-state index contributed by atoms with van der Waals surface area (Å²) in [5, 5.41) is 9.14. The van der Waals surface area contributed by atoms with Gasteiger partial charge in [0.1, 0.15) is 0 Å². The van der Waals surface area contributed by atoms with Crippen molar-refractivity contribution in [2.45, 2.75) is 18.9 Å². The minimum absolute atomic E-state index is 0.129. The number of amides is 2. The zero-order valence-electron chi connectivity index (χ0n) is 13.4. The average molecular weight is 323 g/mol. The molecule has 1 aliphatic heterocycles. The highest BCUT2D eigenvalue weighted by Gasteiger charge is 2.19. The van der Waals surface area contributed by atoms with Gasteiger partial charge in [-0.25, -0.2) is 0 Å². The number of nitrogens with one attached hydrogen (secondary N) is 3. The maximum Gasteiger partial charge on any atom is 0.255 e. The summed E-state index contributed by atoms with van der Waals surface area (Å²) in [7, 11) is 0. The zero-order chi connectivity index (χ0) is 16.8. The van der Waals surface area contributed by atoms with E-state index in [-0.39, 0.29) is 17.9 Å². The molecular weight excluding hydrogens is 302 g/mol. The summed E-state index contributed by atoms with van der Waals surface area (Å²) >= 11 is 0. The van der Waals surface area contributed by atoms with Crippen LogP contribution in [0.3, 0.4) is 0 Å². The van der Waals surface area contributed by atoms with E-state index < -0.39 is 0 Å². The second-order valence-corrected chi connectivity index (χ2v) is 5.88. The third-order valence-electron chi connectivity index (χ3n) is 4.09. The van der Waals surface area contributed by atoms with E-state index in [1.807, 2.05) is 18.2 Å². The van der Waals surface area contributed by atoms with Gasteiger partial charge in [-0.3, -0.25) is 9.59 Å². The van der Waals surface area contributed by atoms with Crippen molar-refractivity contribution in [3.05, 3.63) is 65.7 Å². The molecule has 1 fully saturated rings. The fraction of sp³-hybridized carbons (Fsp3) is 0.263. The second-order valence-electron chi connectivity index (χ2n) is 5.88. The Labute approximate surface area is 141 Å². The van der Waals surface area contributed by atoms with Gasteiger partial charge in [0.15, 0.2) is 0 Å². The molecule has 0 aromatic heterocycles. The van der Waals surface area contributed by atoms with E-state index in [0.717, 1.165) is 25.9 Å². The maximum absolute atomic E-state index is 12.6. The van der Waals surface area contributed by atoms with Gasteiger partial charge in [0.25, 0.3) is 11.8 Å². The fourth-order valence-electron chi connectivity index (χ4n) is 2.81. The van der Waals surface area contributed by atoms with E-state index in [9.17, 15) is 9.59 Å². The monoisotopic (exact) mass is 323 g/mol. The summed E-state index contributed by atoms with van der Waals surface area (Å²) < 4.78 is 0. The Bertz CT molecular complexity index is 710. The molecule has 2 amide bonds. The van der Waals surface area contributed by atoms with E-state index in [4.69, 9.17) is 0 Å². The Hall–Kier alpha value is -2.66. The Balaban J connectivity index is 1.72. The minimum Gasteiger partial charge on any atom is -0.348 e. The number of benzene rings is 2. The smallest absolute Gasteiger partial charge is 0.255 e. The molecule has 0 radical (unpaired) electrons. The normalized spacial score (nSPS) is 17.1. The third-order valence-corrected chi connectivity index (χ3v) is 4.09. The Morgan fingerprint density at radius 3 is 2.46 bits per heavy atom. The van der Waals surface area contributed by atoms with Gasteiger partial charge in [-0.1, -0.05) is 30.3 Å². The SMILES string of the molecule is O=C(Nc1ccccc1C(=O)N[C@H]1CCCNC1)c1ccccc1. The molecule has 24 heavy (non-hydrogen) atoms. The molecule has 0 unspecified atom stereocenters. The first-order chi connectivity index (χ1) is 11.7. The van der Waals surface area contributed by atoms with Crippen LogP contribution in [0, 0.1) is 0 Å². The van der Waals surface area contributed by atoms with Crippen molar-refractivity contribution in [2.75, 3.05) is 18.4 Å². The van der Waals surface area contributed by atoms with Gasteiger partial charge in [0, 0.05) is 18.2 Å². The van der Waals surface area contributed by atoms with Crippen molar-refractivity contribution in [3.63, 3.8) is 0 Å². The molecule has 0 bridgehead atoms. The van der Waals surface area contributed by atoms with Crippen LogP contribution in [0.25, 0.3) is 0 Å². The molecule has 1 heterocycles. The topological polar surface area (TPSA) is 70.2 Å². The molecule has 2 aromatic rings. The van der Waals surface area contributed by atoms with Crippen LogP contribution < -0.4 is 16.0 Å². The summed E-state index contributed by atoms with van der Waals surface area (Å²) in [5.41, 5.74) is 1.56. The van der Waals surface area contributed by atoms with Gasteiger partial charge >= 0.3 is 0 Å². The summed E-state index contributed by atoms with van der Waals surface area (Å²) in [4.78, 5) is 24.9. The van der Waals surface area contributed by atoms with Gasteiger partial charge in [-0.2, -0.15) is 0 Å². The molecule has 2 aromatic carbocycles. The Kier molecular flexibility index (Phi) is 5.23. The number of carbonyl (C=O) groups is 2. The molecule has 124 valence electrons. The Morgan fingerprint density at radius 2 is 1.71 bits per heavy atom. The number of carbonyl (C=O) groups excluding carboxylic acids is 2. The van der Waals surface area contributed by atoms with Crippen molar-refractivity contribution in [2.24, 2.45) is 0 Å². The van der Waals surface area contributed by atoms with E-state index in [0.29, 0.717) is 16.8 Å². The molecule has 0 aliphatic carbocycles. The number of piperidine rings is 1. The zero-order valence-corrected chi connectivity index (χ0v) is 13.4. The highest BCUT2D eigenvalue weighted by Crippen LogP contribution is 2.17. The number of para-hydroxylation sites is 1. The summed E-state index contributed by atoms with van der Waals surface area (Å²) in [6, 6.07) is 16.2. The minimum atomic E-state index is -0.227. The largest absolute Gasteiger partial charge is 0.348 e. The van der Waals surface area contributed by atoms with Crippen LogP contribution in [0.5, 0.6) is 0 Å². The maximum atomic E-state index is 12.6. The first kappa shape index (κ1) is 16.2. The molecule has 1 atom stereocenters. The van der Waals surface area contributed by atoms with Crippen LogP contribution in [0.4, 0.5) is 5.69 Å². The van der Waals surface area contributed by atoms with Gasteiger partial charge in [0.2, 0.25) is 0 Å². The van der Waals surface area contributed by atoms with Crippen LogP contribution >= 0.6 is 0 Å². The standard InChI is InChI=1S/C19H21N3O2/c23-18(14-7-2-1-3-8-14)22-17-11-5-4-10-16(17)19(24)21-15-9-6-12-20-13-15/h1-5,7-8,10-11,15,20H,6,9,12-13H2,(H,21,24)(H,22,23)/t15-/m0/s1. The van der Waals surface area contributed by atoms with E-state index in [2.05, 4.69) is 16.0 Å². The molecule has 0 spiro atoms. The van der Waals surface area contributed by atoms with Crippen molar-refractivity contribution in [3.8, 4) is 0 Å². The molecule has 5 nitrogen and oxygen atoms in total. The van der Waals surface area contributed by atoms with Crippen LogP contribution in [0.15, 0.2) is 54.6 Å². The lowest BCUT2D eigenvalue weighted by Crippen LogP contribution is -2.45. The first-order valence-electron chi connectivity index (χ1n) is 8.21. The lowest BCUT2D eigenvalue weighted by molar-refractivity contribution is 0.0931. The molecule has 5 heteroatoms. The van der Waals surface area contributed by atoms with Crippen LogP contribution in [-0.2, 0) is 0 Å². The van der Waals surface area contributed by atoms with E-state index in [1.165, 1.54) is 0 Å². The number of anilines is 1. The number of hydrogen-bond acceptors (Lipinski definition) is 3. The fourth-order valence-corrected chi connectivity index (χ4v) is 2.81. The predicted octanol–water partition coefficient (Wildman–Crippen LogP) is 2.42. The van der Waals surface area contributed by atoms with Crippen molar-refractivity contribution in [1.29, 1.82) is 0 Å². The lowest BCUT2D eigenvalue weighted by atomic mass is 10.1. The van der Waals surface area contributed by atoms with E-state index >= 15 is 0 Å². The van der Waals surface area contributed by atoms with Gasteiger partial charge in [-0.15, -0.1) is 0 Å². The molecule has 0 saturated carbocycles.